The van der Waals surface area contributed by atoms with Crippen LogP contribution in [0, 0.1) is 6.92 Å². The van der Waals surface area contributed by atoms with Crippen molar-refractivity contribution < 1.29 is 4.52 Å². The number of aryl methyl sites for hydroxylation is 1. The van der Waals surface area contributed by atoms with E-state index in [1.807, 2.05) is 49.4 Å². The summed E-state index contributed by atoms with van der Waals surface area (Å²) in [5, 5.41) is 4.15. The Hall–Kier alpha value is -1.59. The van der Waals surface area contributed by atoms with Gasteiger partial charge in [0.25, 0.3) is 0 Å². The zero-order chi connectivity index (χ0) is 15.0. The highest BCUT2D eigenvalue weighted by Crippen LogP contribution is 2.38. The predicted octanol–water partition coefficient (Wildman–Crippen LogP) is 5.42. The molecule has 0 atom stereocenters. The van der Waals surface area contributed by atoms with Gasteiger partial charge in [-0.05, 0) is 42.3 Å². The zero-order valence-electron chi connectivity index (χ0n) is 11.2. The van der Waals surface area contributed by atoms with Gasteiger partial charge in [-0.1, -0.05) is 55.2 Å². The van der Waals surface area contributed by atoms with Crippen molar-refractivity contribution in [1.29, 1.82) is 0 Å². The molecule has 5 heteroatoms. The van der Waals surface area contributed by atoms with E-state index in [1.165, 1.54) is 0 Å². The molecule has 0 spiro atoms. The third kappa shape index (κ3) is 2.76. The van der Waals surface area contributed by atoms with Crippen molar-refractivity contribution in [1.82, 2.24) is 5.16 Å². The third-order valence-electron chi connectivity index (χ3n) is 3.29. The minimum atomic E-state index is 0.328. The van der Waals surface area contributed by atoms with Crippen molar-refractivity contribution in [3.05, 3.63) is 57.0 Å². The molecule has 0 saturated heterocycles. The second-order valence-corrected chi connectivity index (χ2v) is 6.57. The zero-order valence-corrected chi connectivity index (χ0v) is 14.4. The molecule has 3 aromatic rings. The molecule has 0 aliphatic heterocycles. The first-order valence-corrected chi connectivity index (χ1v) is 7.92. The Kier molecular flexibility index (Phi) is 3.87. The quantitative estimate of drug-likeness (QED) is 0.616. The van der Waals surface area contributed by atoms with Crippen LogP contribution >= 0.6 is 31.9 Å². The lowest BCUT2D eigenvalue weighted by atomic mass is 9.98. The third-order valence-corrected chi connectivity index (χ3v) is 4.32. The number of nitrogens with zero attached hydrogens (tertiary/aromatic N) is 1. The number of nitrogens with two attached hydrogens (primary N) is 1. The molecule has 0 bridgehead atoms. The fraction of sp³-hybridized carbons (Fsp3) is 0.0625. The molecule has 3 nitrogen and oxygen atoms in total. The lowest BCUT2D eigenvalue weighted by Gasteiger charge is -2.06. The Balaban J connectivity index is 2.19. The fourth-order valence-electron chi connectivity index (χ4n) is 2.27. The van der Waals surface area contributed by atoms with Crippen LogP contribution in [0.5, 0.6) is 0 Å². The normalized spacial score (nSPS) is 10.8. The Morgan fingerprint density at radius 3 is 2.33 bits per heavy atom. The van der Waals surface area contributed by atoms with Crippen molar-refractivity contribution in [2.45, 2.75) is 6.92 Å². The summed E-state index contributed by atoms with van der Waals surface area (Å²) in [5.74, 6) is 0.328. The van der Waals surface area contributed by atoms with Crippen LogP contribution in [0.25, 0.3) is 22.4 Å². The van der Waals surface area contributed by atoms with Crippen LogP contribution in [0.4, 0.5) is 5.88 Å². The van der Waals surface area contributed by atoms with Crippen molar-refractivity contribution >= 4 is 37.7 Å². The average Bonchev–Trinajstić information content (AvgIpc) is 2.82. The van der Waals surface area contributed by atoms with Crippen LogP contribution in [0.1, 0.15) is 5.56 Å². The maximum atomic E-state index is 5.98. The first-order valence-electron chi connectivity index (χ1n) is 6.34. The van der Waals surface area contributed by atoms with Crippen molar-refractivity contribution in [2.24, 2.45) is 0 Å². The van der Waals surface area contributed by atoms with Gasteiger partial charge in [-0.25, -0.2) is 0 Å². The molecule has 3 rings (SSSR count). The van der Waals surface area contributed by atoms with Gasteiger partial charge in [-0.2, -0.15) is 0 Å². The van der Waals surface area contributed by atoms with E-state index < -0.39 is 0 Å². The smallest absolute Gasteiger partial charge is 0.230 e. The molecule has 1 heterocycles. The van der Waals surface area contributed by atoms with Crippen LogP contribution in [-0.4, -0.2) is 5.16 Å². The summed E-state index contributed by atoms with van der Waals surface area (Å²) >= 11 is 6.91. The van der Waals surface area contributed by atoms with Gasteiger partial charge in [0.15, 0.2) is 0 Å². The first-order chi connectivity index (χ1) is 10.1. The number of anilines is 1. The van der Waals surface area contributed by atoms with Gasteiger partial charge in [-0.15, -0.1) is 0 Å². The number of hydrogen-bond acceptors (Lipinski definition) is 3. The highest BCUT2D eigenvalue weighted by molar-refractivity contribution is 9.10. The number of aromatic nitrogens is 1. The maximum absolute atomic E-state index is 5.98. The highest BCUT2D eigenvalue weighted by Gasteiger charge is 2.18. The molecule has 0 aliphatic rings. The van der Waals surface area contributed by atoms with E-state index in [2.05, 4.69) is 37.0 Å². The SMILES string of the molecule is Cc1cc(Br)ccc1-c1noc(N)c1-c1ccc(Br)cc1. The van der Waals surface area contributed by atoms with Gasteiger partial charge < -0.3 is 10.3 Å². The topological polar surface area (TPSA) is 52.0 Å². The van der Waals surface area contributed by atoms with Crippen molar-refractivity contribution in [3.8, 4) is 22.4 Å². The standard InChI is InChI=1S/C16H12Br2N2O/c1-9-8-12(18)6-7-13(9)15-14(16(19)21-20-15)10-2-4-11(17)5-3-10/h2-8H,19H2,1H3. The largest absolute Gasteiger partial charge is 0.367 e. The van der Waals surface area contributed by atoms with Crippen LogP contribution in [-0.2, 0) is 0 Å². The van der Waals surface area contributed by atoms with E-state index in [-0.39, 0.29) is 0 Å². The molecule has 0 amide bonds. The van der Waals surface area contributed by atoms with E-state index in [0.717, 1.165) is 36.9 Å². The molecule has 1 aromatic heterocycles. The predicted molar refractivity (Wildman–Crippen MR) is 91.9 cm³/mol. The summed E-state index contributed by atoms with van der Waals surface area (Å²) in [4.78, 5) is 0. The number of nitrogen functional groups attached to an aromatic ring is 1. The van der Waals surface area contributed by atoms with E-state index in [4.69, 9.17) is 10.3 Å². The monoisotopic (exact) mass is 406 g/mol. The second-order valence-electron chi connectivity index (χ2n) is 4.74. The molecule has 106 valence electrons. The van der Waals surface area contributed by atoms with Gasteiger partial charge in [0.05, 0.1) is 5.56 Å². The highest BCUT2D eigenvalue weighted by atomic mass is 79.9. The minimum Gasteiger partial charge on any atom is -0.367 e. The molecule has 2 aromatic carbocycles. The number of benzene rings is 2. The summed E-state index contributed by atoms with van der Waals surface area (Å²) in [6.07, 6.45) is 0. The van der Waals surface area contributed by atoms with Crippen LogP contribution in [0.3, 0.4) is 0 Å². The van der Waals surface area contributed by atoms with Crippen LogP contribution < -0.4 is 5.73 Å². The molecule has 0 saturated carbocycles. The van der Waals surface area contributed by atoms with Crippen LogP contribution in [0.15, 0.2) is 55.9 Å². The molecular formula is C16H12Br2N2O. The van der Waals surface area contributed by atoms with Gasteiger partial charge in [-0.3, -0.25) is 0 Å². The Morgan fingerprint density at radius 2 is 1.67 bits per heavy atom. The molecule has 0 aliphatic carbocycles. The lowest BCUT2D eigenvalue weighted by Crippen LogP contribution is -1.89. The van der Waals surface area contributed by atoms with Crippen LogP contribution in [0.2, 0.25) is 0 Å². The Morgan fingerprint density at radius 1 is 1.00 bits per heavy atom. The van der Waals surface area contributed by atoms with E-state index in [1.54, 1.807) is 0 Å². The number of hydrogen-bond donors (Lipinski definition) is 1. The van der Waals surface area contributed by atoms with Crippen molar-refractivity contribution in [2.75, 3.05) is 5.73 Å². The van der Waals surface area contributed by atoms with Crippen molar-refractivity contribution in [3.63, 3.8) is 0 Å². The summed E-state index contributed by atoms with van der Waals surface area (Å²) in [7, 11) is 0. The second kappa shape index (κ2) is 5.66. The Bertz CT molecular complexity index is 795. The van der Waals surface area contributed by atoms with Gasteiger partial charge in [0, 0.05) is 14.5 Å². The van der Waals surface area contributed by atoms with E-state index in [9.17, 15) is 0 Å². The number of rotatable bonds is 2. The van der Waals surface area contributed by atoms with Gasteiger partial charge >= 0.3 is 0 Å². The summed E-state index contributed by atoms with van der Waals surface area (Å²) in [6, 6.07) is 14.0. The molecule has 0 fully saturated rings. The molecular weight excluding hydrogens is 396 g/mol. The van der Waals surface area contributed by atoms with E-state index >= 15 is 0 Å². The number of halogens is 2. The summed E-state index contributed by atoms with van der Waals surface area (Å²) in [5.41, 5.74) is 10.7. The fourth-order valence-corrected chi connectivity index (χ4v) is 3.01. The molecule has 0 unspecified atom stereocenters. The average molecular weight is 408 g/mol. The molecule has 0 radical (unpaired) electrons. The Labute approximate surface area is 139 Å². The molecule has 2 N–H and O–H groups in total. The van der Waals surface area contributed by atoms with Gasteiger partial charge in [0.1, 0.15) is 5.69 Å². The van der Waals surface area contributed by atoms with Gasteiger partial charge in [0.2, 0.25) is 5.88 Å². The first kappa shape index (κ1) is 14.4. The molecule has 21 heavy (non-hydrogen) atoms. The minimum absolute atomic E-state index is 0.328. The summed E-state index contributed by atoms with van der Waals surface area (Å²) < 4.78 is 7.27. The summed E-state index contributed by atoms with van der Waals surface area (Å²) in [6.45, 7) is 2.04. The van der Waals surface area contributed by atoms with E-state index in [0.29, 0.717) is 5.88 Å². The lowest BCUT2D eigenvalue weighted by molar-refractivity contribution is 0.439. The maximum Gasteiger partial charge on any atom is 0.230 e.